The second kappa shape index (κ2) is 7.49. The van der Waals surface area contributed by atoms with Gasteiger partial charge >= 0.3 is 6.09 Å². The van der Waals surface area contributed by atoms with Crippen LogP contribution in [0.2, 0.25) is 0 Å². The van der Waals surface area contributed by atoms with Gasteiger partial charge in [0.2, 0.25) is 5.88 Å². The minimum Gasteiger partial charge on any atom is -0.481 e. The summed E-state index contributed by atoms with van der Waals surface area (Å²) < 4.78 is 10.9. The van der Waals surface area contributed by atoms with Crippen molar-refractivity contribution in [2.75, 3.05) is 12.4 Å². The molecule has 0 spiro atoms. The summed E-state index contributed by atoms with van der Waals surface area (Å²) in [4.78, 5) is 17.5. The second-order valence-corrected chi connectivity index (χ2v) is 8.88. The van der Waals surface area contributed by atoms with E-state index < -0.39 is 6.09 Å². The van der Waals surface area contributed by atoms with Crippen molar-refractivity contribution in [1.29, 1.82) is 0 Å². The van der Waals surface area contributed by atoms with Crippen molar-refractivity contribution in [3.63, 3.8) is 0 Å². The number of amides is 1. The van der Waals surface area contributed by atoms with Crippen LogP contribution >= 0.6 is 0 Å². The quantitative estimate of drug-likeness (QED) is 0.697. The first kappa shape index (κ1) is 19.2. The largest absolute Gasteiger partial charge is 0.481 e. The summed E-state index contributed by atoms with van der Waals surface area (Å²) in [7, 11) is 1.62. The van der Waals surface area contributed by atoms with E-state index in [1.165, 1.54) is 12.8 Å². The summed E-state index contributed by atoms with van der Waals surface area (Å²) in [5, 5.41) is 6.94. The van der Waals surface area contributed by atoms with Crippen molar-refractivity contribution in [3.05, 3.63) is 53.7 Å². The van der Waals surface area contributed by atoms with Crippen LogP contribution in [0.15, 0.2) is 42.5 Å². The van der Waals surface area contributed by atoms with Gasteiger partial charge in [-0.25, -0.2) is 9.78 Å². The van der Waals surface area contributed by atoms with Crippen molar-refractivity contribution in [1.82, 2.24) is 10.3 Å². The predicted molar refractivity (Wildman–Crippen MR) is 114 cm³/mol. The summed E-state index contributed by atoms with van der Waals surface area (Å²) >= 11 is 0. The Kier molecular flexibility index (Phi) is 4.80. The Morgan fingerprint density at radius 1 is 1.23 bits per heavy atom. The number of pyridine rings is 1. The fraction of sp³-hybridized carbons (Fsp3) is 0.500. The third-order valence-corrected chi connectivity index (χ3v) is 7.04. The molecule has 3 atom stereocenters. The lowest BCUT2D eigenvalue weighted by Gasteiger charge is -2.42. The van der Waals surface area contributed by atoms with Gasteiger partial charge in [0.25, 0.3) is 0 Å². The molecule has 0 saturated heterocycles. The lowest BCUT2D eigenvalue weighted by atomic mass is 9.77. The molecule has 2 N–H and O–H groups in total. The van der Waals surface area contributed by atoms with Crippen LogP contribution in [-0.2, 0) is 11.3 Å². The van der Waals surface area contributed by atoms with Crippen molar-refractivity contribution in [2.45, 2.75) is 51.3 Å². The minimum absolute atomic E-state index is 0.194. The highest BCUT2D eigenvalue weighted by atomic mass is 16.5. The van der Waals surface area contributed by atoms with Gasteiger partial charge in [-0.2, -0.15) is 0 Å². The number of nitrogens with zero attached hydrogens (tertiary/aromatic N) is 1. The molecule has 2 saturated carbocycles. The van der Waals surface area contributed by atoms with E-state index in [-0.39, 0.29) is 18.6 Å². The highest BCUT2D eigenvalue weighted by Gasteiger charge is 2.74. The zero-order chi connectivity index (χ0) is 20.7. The number of hydrogen-bond donors (Lipinski definition) is 2. The van der Waals surface area contributed by atoms with E-state index in [9.17, 15) is 4.79 Å². The molecule has 2 fully saturated rings. The third-order valence-electron chi connectivity index (χ3n) is 7.04. The van der Waals surface area contributed by atoms with E-state index in [0.717, 1.165) is 35.7 Å². The molecule has 2 aromatic rings. The number of anilines is 1. The summed E-state index contributed by atoms with van der Waals surface area (Å²) in [6.07, 6.45) is 4.28. The second-order valence-electron chi connectivity index (χ2n) is 8.88. The Morgan fingerprint density at radius 2 is 2.00 bits per heavy atom. The average Bonchev–Trinajstić information content (AvgIpc) is 3.65. The van der Waals surface area contributed by atoms with Gasteiger partial charge in [0, 0.05) is 18.0 Å². The maximum absolute atomic E-state index is 12.8. The number of carbonyl (C=O) groups excluding carboxylic acids is 1. The highest BCUT2D eigenvalue weighted by Crippen LogP contribution is 2.79. The zero-order valence-corrected chi connectivity index (χ0v) is 17.6. The van der Waals surface area contributed by atoms with E-state index in [2.05, 4.69) is 17.6 Å². The Balaban J connectivity index is 1.40. The SMILES string of the molecule is CCCC1C(C23CC2C3)Nc2ccc(OC)nc2[C@@H]1NC(=O)OCc1ccccc1. The van der Waals surface area contributed by atoms with Gasteiger partial charge in [0.05, 0.1) is 24.5 Å². The summed E-state index contributed by atoms with van der Waals surface area (Å²) in [5.74, 6) is 1.69. The molecule has 2 aliphatic carbocycles. The number of hydrogen-bond acceptors (Lipinski definition) is 5. The van der Waals surface area contributed by atoms with E-state index in [0.29, 0.717) is 17.3 Å². The smallest absolute Gasteiger partial charge is 0.408 e. The Labute approximate surface area is 177 Å². The fourth-order valence-electron chi connectivity index (χ4n) is 5.15. The number of rotatable bonds is 7. The van der Waals surface area contributed by atoms with E-state index in [1.807, 2.05) is 42.5 Å². The van der Waals surface area contributed by atoms with Crippen LogP contribution in [0, 0.1) is 17.3 Å². The molecule has 1 amide bonds. The number of alkyl carbamates (subject to hydrolysis) is 1. The van der Waals surface area contributed by atoms with Crippen molar-refractivity contribution >= 4 is 11.8 Å². The molecule has 1 aliphatic heterocycles. The molecule has 3 aliphatic rings. The first-order valence-corrected chi connectivity index (χ1v) is 10.9. The molecule has 1 aromatic heterocycles. The highest BCUT2D eigenvalue weighted by molar-refractivity contribution is 5.69. The van der Waals surface area contributed by atoms with Gasteiger partial charge in [-0.15, -0.1) is 0 Å². The van der Waals surface area contributed by atoms with E-state index >= 15 is 0 Å². The monoisotopic (exact) mass is 407 g/mol. The van der Waals surface area contributed by atoms with Gasteiger partial charge in [-0.1, -0.05) is 43.7 Å². The molecule has 6 nitrogen and oxygen atoms in total. The van der Waals surface area contributed by atoms with E-state index in [1.54, 1.807) is 7.11 Å². The molecule has 2 unspecified atom stereocenters. The number of methoxy groups -OCH3 is 1. The molecular formula is C24H29N3O3. The fourth-order valence-corrected chi connectivity index (χ4v) is 5.15. The standard InChI is InChI=1S/C24H29N3O3/c1-3-7-17-20(27-23(28)30-14-15-8-5-4-6-9-15)21-18(10-11-19(26-21)29-2)25-22(17)24-12-16(24)13-24/h4-6,8-11,16-17,20,22,25H,3,7,12-14H2,1-2H3,(H,27,28)/t16?,17?,20-,22?,24?/m1/s1. The normalized spacial score (nSPS) is 30.3. The van der Waals surface area contributed by atoms with Crippen molar-refractivity contribution in [3.8, 4) is 5.88 Å². The molecular weight excluding hydrogens is 378 g/mol. The lowest BCUT2D eigenvalue weighted by molar-refractivity contribution is 0.126. The predicted octanol–water partition coefficient (Wildman–Crippen LogP) is 4.68. The van der Waals surface area contributed by atoms with Crippen molar-refractivity contribution < 1.29 is 14.3 Å². The lowest BCUT2D eigenvalue weighted by Crippen LogP contribution is -2.48. The minimum atomic E-state index is -0.401. The third kappa shape index (κ3) is 3.38. The Hall–Kier alpha value is -2.76. The number of aromatic nitrogens is 1. The number of ether oxygens (including phenoxy) is 2. The first-order valence-electron chi connectivity index (χ1n) is 10.9. The van der Waals surface area contributed by atoms with Crippen LogP contribution in [0.3, 0.4) is 0 Å². The van der Waals surface area contributed by atoms with Crippen LogP contribution in [0.25, 0.3) is 0 Å². The van der Waals surface area contributed by atoms with Gasteiger partial charge < -0.3 is 20.1 Å². The molecule has 2 heterocycles. The zero-order valence-electron chi connectivity index (χ0n) is 17.6. The molecule has 30 heavy (non-hydrogen) atoms. The van der Waals surface area contributed by atoms with Crippen LogP contribution in [0.5, 0.6) is 5.88 Å². The molecule has 158 valence electrons. The maximum atomic E-state index is 12.8. The number of nitrogens with one attached hydrogen (secondary N) is 2. The molecule has 6 heteroatoms. The van der Waals surface area contributed by atoms with Crippen LogP contribution in [0.1, 0.15) is 49.9 Å². The molecule has 5 rings (SSSR count). The van der Waals surface area contributed by atoms with E-state index in [4.69, 9.17) is 14.5 Å². The number of carbonyl (C=O) groups is 1. The molecule has 1 aromatic carbocycles. The van der Waals surface area contributed by atoms with Gasteiger partial charge in [-0.05, 0) is 42.2 Å². The number of fused-ring (bicyclic) bond motifs is 2. The number of benzene rings is 1. The molecule has 0 radical (unpaired) electrons. The average molecular weight is 408 g/mol. The molecule has 0 bridgehead atoms. The van der Waals surface area contributed by atoms with Crippen LogP contribution in [0.4, 0.5) is 10.5 Å². The first-order chi connectivity index (χ1) is 14.6. The summed E-state index contributed by atoms with van der Waals surface area (Å²) in [6, 6.07) is 13.8. The summed E-state index contributed by atoms with van der Waals surface area (Å²) in [5.41, 5.74) is 3.23. The van der Waals surface area contributed by atoms with Gasteiger partial charge in [0.1, 0.15) is 6.61 Å². The maximum Gasteiger partial charge on any atom is 0.408 e. The van der Waals surface area contributed by atoms with Gasteiger partial charge in [0.15, 0.2) is 0 Å². The Morgan fingerprint density at radius 3 is 2.67 bits per heavy atom. The van der Waals surface area contributed by atoms with Crippen molar-refractivity contribution in [2.24, 2.45) is 17.3 Å². The van der Waals surface area contributed by atoms with Crippen LogP contribution in [-0.4, -0.2) is 24.2 Å². The summed E-state index contributed by atoms with van der Waals surface area (Å²) in [6.45, 7) is 2.45. The van der Waals surface area contributed by atoms with Crippen LogP contribution < -0.4 is 15.4 Å². The Bertz CT molecular complexity index is 927. The van der Waals surface area contributed by atoms with Gasteiger partial charge in [-0.3, -0.25) is 0 Å². The topological polar surface area (TPSA) is 72.5 Å².